The van der Waals surface area contributed by atoms with Crippen LogP contribution in [0.25, 0.3) is 0 Å². The second kappa shape index (κ2) is 6.24. The van der Waals surface area contributed by atoms with Crippen LogP contribution in [0.5, 0.6) is 5.88 Å². The molecule has 100 valence electrons. The first kappa shape index (κ1) is 13.4. The van der Waals surface area contributed by atoms with Gasteiger partial charge in [0.25, 0.3) is 0 Å². The Bertz CT molecular complexity index is 544. The van der Waals surface area contributed by atoms with Gasteiger partial charge in [0, 0.05) is 18.5 Å². The van der Waals surface area contributed by atoms with E-state index in [1.807, 2.05) is 18.3 Å². The molecule has 0 aliphatic carbocycles. The summed E-state index contributed by atoms with van der Waals surface area (Å²) in [5.74, 6) is 0.564. The zero-order valence-corrected chi connectivity index (χ0v) is 11.4. The molecule has 5 nitrogen and oxygen atoms in total. The van der Waals surface area contributed by atoms with E-state index in [2.05, 4.69) is 34.1 Å². The van der Waals surface area contributed by atoms with Gasteiger partial charge < -0.3 is 10.1 Å². The molecule has 5 heteroatoms. The summed E-state index contributed by atoms with van der Waals surface area (Å²) < 4.78 is 5.15. The van der Waals surface area contributed by atoms with Crippen LogP contribution in [0, 0.1) is 6.92 Å². The lowest BCUT2D eigenvalue weighted by molar-refractivity contribution is 0.395. The van der Waals surface area contributed by atoms with Crippen LogP contribution in [0.1, 0.15) is 29.8 Å². The number of ether oxygens (including phenoxy) is 1. The summed E-state index contributed by atoms with van der Waals surface area (Å²) >= 11 is 0. The van der Waals surface area contributed by atoms with E-state index in [9.17, 15) is 0 Å². The molecule has 1 unspecified atom stereocenters. The van der Waals surface area contributed by atoms with Crippen LogP contribution in [0.3, 0.4) is 0 Å². The Morgan fingerprint density at radius 3 is 2.89 bits per heavy atom. The summed E-state index contributed by atoms with van der Waals surface area (Å²) in [5.41, 5.74) is 3.17. The fourth-order valence-corrected chi connectivity index (χ4v) is 1.98. The van der Waals surface area contributed by atoms with Gasteiger partial charge in [-0.05, 0) is 30.7 Å². The Kier molecular flexibility index (Phi) is 4.41. The van der Waals surface area contributed by atoms with E-state index in [0.29, 0.717) is 5.88 Å². The molecular weight excluding hydrogens is 240 g/mol. The van der Waals surface area contributed by atoms with Crippen molar-refractivity contribution in [1.82, 2.24) is 20.3 Å². The van der Waals surface area contributed by atoms with Crippen molar-refractivity contribution in [3.05, 3.63) is 47.7 Å². The summed E-state index contributed by atoms with van der Waals surface area (Å²) in [7, 11) is 1.60. The Morgan fingerprint density at radius 1 is 1.37 bits per heavy atom. The van der Waals surface area contributed by atoms with Gasteiger partial charge in [0.05, 0.1) is 18.8 Å². The number of aromatic nitrogens is 3. The van der Waals surface area contributed by atoms with Crippen molar-refractivity contribution < 1.29 is 4.74 Å². The summed E-state index contributed by atoms with van der Waals surface area (Å²) in [6.45, 7) is 4.97. The van der Waals surface area contributed by atoms with Crippen molar-refractivity contribution in [2.75, 3.05) is 13.7 Å². The van der Waals surface area contributed by atoms with E-state index in [4.69, 9.17) is 4.74 Å². The molecule has 19 heavy (non-hydrogen) atoms. The van der Waals surface area contributed by atoms with Crippen LogP contribution >= 0.6 is 0 Å². The number of hydrogen-bond donors (Lipinski definition) is 1. The van der Waals surface area contributed by atoms with Crippen molar-refractivity contribution in [3.8, 4) is 5.88 Å². The van der Waals surface area contributed by atoms with E-state index in [1.165, 1.54) is 11.9 Å². The monoisotopic (exact) mass is 258 g/mol. The van der Waals surface area contributed by atoms with Gasteiger partial charge in [-0.15, -0.1) is 0 Å². The fraction of sp³-hybridized carbons (Fsp3) is 0.357. The minimum atomic E-state index is -0.00407. The smallest absolute Gasteiger partial charge is 0.216 e. The lowest BCUT2D eigenvalue weighted by Gasteiger charge is -2.19. The first-order valence-electron chi connectivity index (χ1n) is 6.26. The van der Waals surface area contributed by atoms with Gasteiger partial charge in [0.2, 0.25) is 5.88 Å². The molecule has 1 atom stereocenters. The van der Waals surface area contributed by atoms with Crippen LogP contribution in [-0.4, -0.2) is 28.6 Å². The molecule has 2 heterocycles. The molecular formula is C14H18N4O. The average Bonchev–Trinajstić information content (AvgIpc) is 2.46. The van der Waals surface area contributed by atoms with Gasteiger partial charge in [-0.25, -0.2) is 9.97 Å². The fourth-order valence-electron chi connectivity index (χ4n) is 1.98. The topological polar surface area (TPSA) is 59.9 Å². The van der Waals surface area contributed by atoms with Crippen molar-refractivity contribution in [1.29, 1.82) is 0 Å². The highest BCUT2D eigenvalue weighted by atomic mass is 16.5. The van der Waals surface area contributed by atoms with Crippen LogP contribution in [0.15, 0.2) is 30.9 Å². The van der Waals surface area contributed by atoms with Gasteiger partial charge in [0.15, 0.2) is 0 Å². The minimum absolute atomic E-state index is 0.00407. The van der Waals surface area contributed by atoms with Crippen molar-refractivity contribution in [2.45, 2.75) is 19.9 Å². The Labute approximate surface area is 113 Å². The number of rotatable bonds is 5. The van der Waals surface area contributed by atoms with E-state index in [0.717, 1.165) is 17.8 Å². The Hall–Kier alpha value is -2.01. The molecule has 0 saturated carbocycles. The first-order valence-corrected chi connectivity index (χ1v) is 6.26. The molecule has 0 bridgehead atoms. The quantitative estimate of drug-likeness (QED) is 0.887. The molecule has 0 aromatic carbocycles. The standard InChI is InChI=1S/C14H18N4O/c1-4-16-14(11-8-15-6-5-10(11)2)12-7-13(19-3)18-9-17-12/h5-9,14,16H,4H2,1-3H3. The summed E-state index contributed by atoms with van der Waals surface area (Å²) in [6, 6.07) is 3.84. The van der Waals surface area contributed by atoms with Crippen LogP contribution in [-0.2, 0) is 0 Å². The largest absolute Gasteiger partial charge is 0.481 e. The molecule has 0 aliphatic heterocycles. The predicted octanol–water partition coefficient (Wildman–Crippen LogP) is 1.89. The van der Waals surface area contributed by atoms with Crippen molar-refractivity contribution in [3.63, 3.8) is 0 Å². The molecule has 1 N–H and O–H groups in total. The van der Waals surface area contributed by atoms with Crippen LogP contribution in [0.4, 0.5) is 0 Å². The molecule has 0 spiro atoms. The molecule has 2 aromatic rings. The van der Waals surface area contributed by atoms with Crippen LogP contribution < -0.4 is 10.1 Å². The minimum Gasteiger partial charge on any atom is -0.481 e. The molecule has 0 radical (unpaired) electrons. The molecule has 2 aromatic heterocycles. The molecule has 0 saturated heterocycles. The maximum atomic E-state index is 5.15. The highest BCUT2D eigenvalue weighted by molar-refractivity contribution is 5.32. The Morgan fingerprint density at radius 2 is 2.21 bits per heavy atom. The average molecular weight is 258 g/mol. The van der Waals surface area contributed by atoms with E-state index in [-0.39, 0.29) is 6.04 Å². The third-order valence-corrected chi connectivity index (χ3v) is 2.97. The van der Waals surface area contributed by atoms with Gasteiger partial charge in [-0.3, -0.25) is 4.98 Å². The van der Waals surface area contributed by atoms with Gasteiger partial charge in [0.1, 0.15) is 6.33 Å². The number of hydrogen-bond acceptors (Lipinski definition) is 5. The van der Waals surface area contributed by atoms with E-state index in [1.54, 1.807) is 13.3 Å². The number of pyridine rings is 1. The lowest BCUT2D eigenvalue weighted by Crippen LogP contribution is -2.24. The Balaban J connectivity index is 2.42. The first-order chi connectivity index (χ1) is 9.26. The van der Waals surface area contributed by atoms with E-state index < -0.39 is 0 Å². The molecule has 0 fully saturated rings. The number of aryl methyl sites for hydroxylation is 1. The number of nitrogens with one attached hydrogen (secondary N) is 1. The summed E-state index contributed by atoms with van der Waals surface area (Å²) in [5, 5.41) is 3.42. The lowest BCUT2D eigenvalue weighted by atomic mass is 10.0. The molecule has 0 amide bonds. The van der Waals surface area contributed by atoms with Gasteiger partial charge in [-0.2, -0.15) is 0 Å². The number of methoxy groups -OCH3 is 1. The predicted molar refractivity (Wildman–Crippen MR) is 73.1 cm³/mol. The second-order valence-electron chi connectivity index (χ2n) is 4.21. The maximum Gasteiger partial charge on any atom is 0.216 e. The highest BCUT2D eigenvalue weighted by Gasteiger charge is 2.17. The highest BCUT2D eigenvalue weighted by Crippen LogP contribution is 2.23. The second-order valence-corrected chi connectivity index (χ2v) is 4.21. The third-order valence-electron chi connectivity index (χ3n) is 2.97. The van der Waals surface area contributed by atoms with Gasteiger partial charge in [-0.1, -0.05) is 6.92 Å². The third kappa shape index (κ3) is 3.06. The van der Waals surface area contributed by atoms with Crippen molar-refractivity contribution in [2.24, 2.45) is 0 Å². The van der Waals surface area contributed by atoms with Crippen molar-refractivity contribution >= 4 is 0 Å². The normalized spacial score (nSPS) is 12.2. The summed E-state index contributed by atoms with van der Waals surface area (Å²) in [4.78, 5) is 12.6. The number of nitrogens with zero attached hydrogens (tertiary/aromatic N) is 3. The zero-order chi connectivity index (χ0) is 13.7. The zero-order valence-electron chi connectivity index (χ0n) is 11.4. The maximum absolute atomic E-state index is 5.15. The SMILES string of the molecule is CCNC(c1cc(OC)ncn1)c1cnccc1C. The van der Waals surface area contributed by atoms with E-state index >= 15 is 0 Å². The molecule has 0 aliphatic rings. The summed E-state index contributed by atoms with van der Waals surface area (Å²) in [6.07, 6.45) is 5.18. The van der Waals surface area contributed by atoms with Gasteiger partial charge >= 0.3 is 0 Å². The van der Waals surface area contributed by atoms with Crippen LogP contribution in [0.2, 0.25) is 0 Å². The molecule has 2 rings (SSSR count).